The molecule has 4 N–H and O–H groups in total. The van der Waals surface area contributed by atoms with Crippen LogP contribution < -0.4 is 11.1 Å². The van der Waals surface area contributed by atoms with Crippen molar-refractivity contribution in [1.29, 1.82) is 0 Å². The Morgan fingerprint density at radius 3 is 2.39 bits per heavy atom. The predicted octanol–water partition coefficient (Wildman–Crippen LogP) is 1.66. The SMILES string of the molecule is CCC[C@H](N)[C@@H](O)C[C@@H](CC)C(=O)NCC(C)C. The number of amides is 1. The number of hydrogen-bond acceptors (Lipinski definition) is 3. The molecule has 3 atom stereocenters. The van der Waals surface area contributed by atoms with Crippen molar-refractivity contribution in [2.45, 2.75) is 65.5 Å². The molecule has 0 spiro atoms. The van der Waals surface area contributed by atoms with E-state index >= 15 is 0 Å². The van der Waals surface area contributed by atoms with Gasteiger partial charge < -0.3 is 16.2 Å². The molecule has 0 aromatic heterocycles. The second-order valence-electron chi connectivity index (χ2n) is 5.50. The van der Waals surface area contributed by atoms with E-state index in [4.69, 9.17) is 5.73 Å². The molecule has 0 bridgehead atoms. The highest BCUT2D eigenvalue weighted by molar-refractivity contribution is 5.78. The van der Waals surface area contributed by atoms with Crippen molar-refractivity contribution >= 4 is 5.91 Å². The molecular formula is C14H30N2O2. The highest BCUT2D eigenvalue weighted by Gasteiger charge is 2.23. The monoisotopic (exact) mass is 258 g/mol. The van der Waals surface area contributed by atoms with Gasteiger partial charge in [-0.3, -0.25) is 4.79 Å². The van der Waals surface area contributed by atoms with Gasteiger partial charge in [0.25, 0.3) is 0 Å². The van der Waals surface area contributed by atoms with Gasteiger partial charge in [0.2, 0.25) is 5.91 Å². The third kappa shape index (κ3) is 6.97. The van der Waals surface area contributed by atoms with Crippen LogP contribution in [0.2, 0.25) is 0 Å². The molecule has 0 saturated carbocycles. The van der Waals surface area contributed by atoms with E-state index in [0.29, 0.717) is 18.9 Å². The summed E-state index contributed by atoms with van der Waals surface area (Å²) in [5, 5.41) is 12.9. The summed E-state index contributed by atoms with van der Waals surface area (Å²) in [7, 11) is 0. The van der Waals surface area contributed by atoms with Gasteiger partial charge in [-0.25, -0.2) is 0 Å². The lowest BCUT2D eigenvalue weighted by Gasteiger charge is -2.23. The number of carbonyl (C=O) groups is 1. The van der Waals surface area contributed by atoms with Gasteiger partial charge in [0.15, 0.2) is 0 Å². The first-order valence-electron chi connectivity index (χ1n) is 7.13. The van der Waals surface area contributed by atoms with Crippen LogP contribution in [0.4, 0.5) is 0 Å². The zero-order valence-electron chi connectivity index (χ0n) is 12.3. The Balaban J connectivity index is 4.19. The molecule has 0 heterocycles. The molecule has 0 aromatic carbocycles. The Bertz CT molecular complexity index is 232. The molecule has 0 aromatic rings. The number of carbonyl (C=O) groups excluding carboxylic acids is 1. The van der Waals surface area contributed by atoms with Crippen LogP contribution in [0.15, 0.2) is 0 Å². The van der Waals surface area contributed by atoms with Crippen molar-refractivity contribution in [3.8, 4) is 0 Å². The largest absolute Gasteiger partial charge is 0.391 e. The predicted molar refractivity (Wildman–Crippen MR) is 75.1 cm³/mol. The second-order valence-corrected chi connectivity index (χ2v) is 5.50. The smallest absolute Gasteiger partial charge is 0.223 e. The van der Waals surface area contributed by atoms with E-state index in [0.717, 1.165) is 19.3 Å². The maximum Gasteiger partial charge on any atom is 0.223 e. The number of rotatable bonds is 9. The molecular weight excluding hydrogens is 228 g/mol. The zero-order valence-corrected chi connectivity index (χ0v) is 12.3. The summed E-state index contributed by atoms with van der Waals surface area (Å²) in [6.07, 6.45) is 2.36. The van der Waals surface area contributed by atoms with Crippen LogP contribution in [0.25, 0.3) is 0 Å². The van der Waals surface area contributed by atoms with Crippen molar-refractivity contribution < 1.29 is 9.90 Å². The zero-order chi connectivity index (χ0) is 14.1. The quantitative estimate of drug-likeness (QED) is 0.589. The molecule has 0 aliphatic heterocycles. The van der Waals surface area contributed by atoms with Crippen molar-refractivity contribution in [3.05, 3.63) is 0 Å². The average molecular weight is 258 g/mol. The summed E-state index contributed by atoms with van der Waals surface area (Å²) in [6.45, 7) is 8.82. The van der Waals surface area contributed by atoms with Gasteiger partial charge in [-0.2, -0.15) is 0 Å². The van der Waals surface area contributed by atoms with Crippen LogP contribution in [0.3, 0.4) is 0 Å². The van der Waals surface area contributed by atoms with E-state index in [1.165, 1.54) is 0 Å². The first kappa shape index (κ1) is 17.4. The number of hydrogen-bond donors (Lipinski definition) is 3. The third-order valence-corrected chi connectivity index (χ3v) is 3.19. The lowest BCUT2D eigenvalue weighted by Crippen LogP contribution is -2.40. The lowest BCUT2D eigenvalue weighted by molar-refractivity contribution is -0.126. The molecule has 0 rings (SSSR count). The fraction of sp³-hybridized carbons (Fsp3) is 0.929. The molecule has 4 nitrogen and oxygen atoms in total. The van der Waals surface area contributed by atoms with Crippen LogP contribution in [0.5, 0.6) is 0 Å². The minimum atomic E-state index is -0.584. The minimum absolute atomic E-state index is 0.0361. The second kappa shape index (κ2) is 9.34. The average Bonchev–Trinajstić information content (AvgIpc) is 2.32. The Labute approximate surface area is 111 Å². The highest BCUT2D eigenvalue weighted by Crippen LogP contribution is 2.15. The van der Waals surface area contributed by atoms with Gasteiger partial charge in [-0.15, -0.1) is 0 Å². The topological polar surface area (TPSA) is 75.3 Å². The van der Waals surface area contributed by atoms with Gasteiger partial charge in [0.05, 0.1) is 6.10 Å². The number of nitrogens with two attached hydrogens (primary N) is 1. The van der Waals surface area contributed by atoms with Crippen molar-refractivity contribution in [2.75, 3.05) is 6.54 Å². The van der Waals surface area contributed by atoms with Crippen LogP contribution in [-0.4, -0.2) is 29.7 Å². The van der Waals surface area contributed by atoms with Crippen molar-refractivity contribution in [3.63, 3.8) is 0 Å². The maximum absolute atomic E-state index is 11.9. The summed E-state index contributed by atoms with van der Waals surface area (Å²) in [5.41, 5.74) is 5.87. The molecule has 108 valence electrons. The lowest BCUT2D eigenvalue weighted by atomic mass is 9.93. The highest BCUT2D eigenvalue weighted by atomic mass is 16.3. The first-order valence-corrected chi connectivity index (χ1v) is 7.13. The van der Waals surface area contributed by atoms with Gasteiger partial charge >= 0.3 is 0 Å². The molecule has 0 aliphatic carbocycles. The van der Waals surface area contributed by atoms with E-state index < -0.39 is 6.10 Å². The molecule has 0 radical (unpaired) electrons. The Morgan fingerprint density at radius 1 is 1.33 bits per heavy atom. The summed E-state index contributed by atoms with van der Waals surface area (Å²) in [4.78, 5) is 11.9. The summed E-state index contributed by atoms with van der Waals surface area (Å²) < 4.78 is 0. The molecule has 0 aliphatic rings. The van der Waals surface area contributed by atoms with Gasteiger partial charge in [-0.05, 0) is 25.2 Å². The summed E-state index contributed by atoms with van der Waals surface area (Å²) >= 11 is 0. The maximum atomic E-state index is 11.9. The van der Waals surface area contributed by atoms with E-state index in [2.05, 4.69) is 19.2 Å². The van der Waals surface area contributed by atoms with E-state index in [1.807, 2.05) is 13.8 Å². The van der Waals surface area contributed by atoms with Gasteiger partial charge in [-0.1, -0.05) is 34.1 Å². The van der Waals surface area contributed by atoms with E-state index in [-0.39, 0.29) is 17.9 Å². The van der Waals surface area contributed by atoms with Crippen molar-refractivity contribution in [2.24, 2.45) is 17.6 Å². The first-order chi connectivity index (χ1) is 8.42. The molecule has 0 fully saturated rings. The molecule has 0 unspecified atom stereocenters. The van der Waals surface area contributed by atoms with E-state index in [1.54, 1.807) is 0 Å². The standard InChI is InChI=1S/C14H30N2O2/c1-5-7-12(15)13(17)8-11(6-2)14(18)16-9-10(3)4/h10-13,17H,5-9,15H2,1-4H3,(H,16,18)/t11-,12+,13+/m1/s1. The Kier molecular flexibility index (Phi) is 9.02. The third-order valence-electron chi connectivity index (χ3n) is 3.19. The normalized spacial score (nSPS) is 16.4. The fourth-order valence-corrected chi connectivity index (χ4v) is 1.90. The Hall–Kier alpha value is -0.610. The molecule has 0 saturated heterocycles. The number of aliphatic hydroxyl groups excluding tert-OH is 1. The van der Waals surface area contributed by atoms with Crippen LogP contribution in [0, 0.1) is 11.8 Å². The molecule has 4 heteroatoms. The minimum Gasteiger partial charge on any atom is -0.391 e. The van der Waals surface area contributed by atoms with Crippen LogP contribution in [-0.2, 0) is 4.79 Å². The Morgan fingerprint density at radius 2 is 1.94 bits per heavy atom. The summed E-state index contributed by atoms with van der Waals surface area (Å²) in [5.74, 6) is 0.342. The van der Waals surface area contributed by atoms with Gasteiger partial charge in [0, 0.05) is 18.5 Å². The molecule has 18 heavy (non-hydrogen) atoms. The van der Waals surface area contributed by atoms with Crippen LogP contribution >= 0.6 is 0 Å². The molecule has 1 amide bonds. The van der Waals surface area contributed by atoms with Gasteiger partial charge in [0.1, 0.15) is 0 Å². The summed E-state index contributed by atoms with van der Waals surface area (Å²) in [6, 6.07) is -0.220. The number of aliphatic hydroxyl groups is 1. The van der Waals surface area contributed by atoms with E-state index in [9.17, 15) is 9.90 Å². The van der Waals surface area contributed by atoms with Crippen LogP contribution in [0.1, 0.15) is 53.4 Å². The number of nitrogens with one attached hydrogen (secondary N) is 1. The van der Waals surface area contributed by atoms with Crippen molar-refractivity contribution in [1.82, 2.24) is 5.32 Å². The fourth-order valence-electron chi connectivity index (χ4n) is 1.90.